The summed E-state index contributed by atoms with van der Waals surface area (Å²) >= 11 is 0. The Hall–Kier alpha value is -2.83. The molecule has 25 heavy (non-hydrogen) atoms. The predicted octanol–water partition coefficient (Wildman–Crippen LogP) is 1.63. The lowest BCUT2D eigenvalue weighted by atomic mass is 9.99. The van der Waals surface area contributed by atoms with E-state index in [-0.39, 0.29) is 18.0 Å². The van der Waals surface area contributed by atoms with Crippen LogP contribution in [0.1, 0.15) is 18.4 Å². The van der Waals surface area contributed by atoms with Gasteiger partial charge >= 0.3 is 5.97 Å². The van der Waals surface area contributed by atoms with Gasteiger partial charge in [0, 0.05) is 19.5 Å². The number of carbonyl (C=O) groups is 2. The number of esters is 1. The first kappa shape index (κ1) is 17.0. The highest BCUT2D eigenvalue weighted by atomic mass is 16.7. The normalized spacial score (nSPS) is 19.6. The molecule has 1 aromatic rings. The van der Waals surface area contributed by atoms with Gasteiger partial charge in [0.05, 0.1) is 14.2 Å². The van der Waals surface area contributed by atoms with E-state index in [0.29, 0.717) is 13.1 Å². The fraction of sp³-hybridized carbons (Fsp3) is 0.389. The molecule has 7 heteroatoms. The summed E-state index contributed by atoms with van der Waals surface area (Å²) in [6.45, 7) is 1.11. The zero-order valence-corrected chi connectivity index (χ0v) is 14.2. The Morgan fingerprint density at radius 3 is 2.60 bits per heavy atom. The third kappa shape index (κ3) is 3.65. The van der Waals surface area contributed by atoms with E-state index in [4.69, 9.17) is 9.57 Å². The molecule has 0 saturated carbocycles. The van der Waals surface area contributed by atoms with Crippen molar-refractivity contribution in [1.82, 2.24) is 4.90 Å². The predicted molar refractivity (Wildman–Crippen MR) is 91.1 cm³/mol. The van der Waals surface area contributed by atoms with Crippen molar-refractivity contribution < 1.29 is 23.9 Å². The molecular formula is C18H20N2O5. The Kier molecular flexibility index (Phi) is 5.02. The summed E-state index contributed by atoms with van der Waals surface area (Å²) in [6, 6.07) is 7.87. The molecule has 1 amide bonds. The average molecular weight is 344 g/mol. The van der Waals surface area contributed by atoms with Gasteiger partial charge in [-0.25, -0.2) is 4.79 Å². The molecule has 2 aliphatic heterocycles. The van der Waals surface area contributed by atoms with E-state index < -0.39 is 12.1 Å². The molecule has 1 unspecified atom stereocenters. The lowest BCUT2D eigenvalue weighted by molar-refractivity contribution is -0.141. The third-order valence-corrected chi connectivity index (χ3v) is 4.35. The largest absolute Gasteiger partial charge is 0.497 e. The van der Waals surface area contributed by atoms with Gasteiger partial charge in [-0.3, -0.25) is 4.79 Å². The van der Waals surface area contributed by atoms with Gasteiger partial charge in [0.2, 0.25) is 6.10 Å². The number of amides is 1. The van der Waals surface area contributed by atoms with Crippen LogP contribution in [0.25, 0.3) is 5.57 Å². The second-order valence-electron chi connectivity index (χ2n) is 5.82. The number of methoxy groups -OCH3 is 2. The topological polar surface area (TPSA) is 77.4 Å². The monoisotopic (exact) mass is 344 g/mol. The van der Waals surface area contributed by atoms with Gasteiger partial charge in [-0.15, -0.1) is 0 Å². The van der Waals surface area contributed by atoms with Gasteiger partial charge in [-0.1, -0.05) is 23.4 Å². The molecule has 0 spiro atoms. The van der Waals surface area contributed by atoms with Crippen LogP contribution in [-0.2, 0) is 19.2 Å². The fourth-order valence-corrected chi connectivity index (χ4v) is 2.89. The molecule has 0 radical (unpaired) electrons. The Bertz CT molecular complexity index is 723. The highest BCUT2D eigenvalue weighted by Crippen LogP contribution is 2.25. The number of rotatable bonds is 4. The third-order valence-electron chi connectivity index (χ3n) is 4.35. The Morgan fingerprint density at radius 2 is 2.00 bits per heavy atom. The molecule has 0 aromatic heterocycles. The van der Waals surface area contributed by atoms with E-state index in [0.717, 1.165) is 17.7 Å². The van der Waals surface area contributed by atoms with Gasteiger partial charge in [0.25, 0.3) is 5.91 Å². The molecule has 3 rings (SSSR count). The van der Waals surface area contributed by atoms with Crippen LogP contribution >= 0.6 is 0 Å². The first-order chi connectivity index (χ1) is 12.1. The van der Waals surface area contributed by atoms with Crippen molar-refractivity contribution in [3.05, 3.63) is 35.9 Å². The van der Waals surface area contributed by atoms with Gasteiger partial charge in [0.1, 0.15) is 5.75 Å². The van der Waals surface area contributed by atoms with Crippen LogP contribution in [0.15, 0.2) is 35.5 Å². The van der Waals surface area contributed by atoms with Crippen molar-refractivity contribution in [2.45, 2.75) is 18.9 Å². The van der Waals surface area contributed by atoms with Gasteiger partial charge in [0.15, 0.2) is 5.71 Å². The SMILES string of the molecule is COC(=O)C1=NOC(C(=O)N2CC=C(c3ccc(OC)cc3)CC2)C1. The van der Waals surface area contributed by atoms with Crippen molar-refractivity contribution in [3.63, 3.8) is 0 Å². The van der Waals surface area contributed by atoms with E-state index in [9.17, 15) is 9.59 Å². The molecule has 0 fully saturated rings. The van der Waals surface area contributed by atoms with Crippen molar-refractivity contribution in [3.8, 4) is 5.75 Å². The minimum atomic E-state index is -0.745. The van der Waals surface area contributed by atoms with E-state index in [1.54, 1.807) is 12.0 Å². The summed E-state index contributed by atoms with van der Waals surface area (Å²) in [5, 5.41) is 3.65. The molecular weight excluding hydrogens is 324 g/mol. The van der Waals surface area contributed by atoms with E-state index >= 15 is 0 Å². The van der Waals surface area contributed by atoms with Crippen LogP contribution in [0.3, 0.4) is 0 Å². The highest BCUT2D eigenvalue weighted by molar-refractivity contribution is 6.37. The van der Waals surface area contributed by atoms with Crippen LogP contribution in [0, 0.1) is 0 Å². The fourth-order valence-electron chi connectivity index (χ4n) is 2.89. The van der Waals surface area contributed by atoms with Gasteiger partial charge < -0.3 is 19.2 Å². The maximum Gasteiger partial charge on any atom is 0.355 e. The smallest absolute Gasteiger partial charge is 0.355 e. The minimum Gasteiger partial charge on any atom is -0.497 e. The minimum absolute atomic E-state index is 0.146. The number of benzene rings is 1. The molecule has 132 valence electrons. The number of nitrogens with zero attached hydrogens (tertiary/aromatic N) is 2. The molecule has 2 aliphatic rings. The Labute approximate surface area is 145 Å². The van der Waals surface area contributed by atoms with Crippen LogP contribution in [0.5, 0.6) is 5.75 Å². The number of carbonyl (C=O) groups excluding carboxylic acids is 2. The van der Waals surface area contributed by atoms with E-state index in [1.165, 1.54) is 12.7 Å². The number of oxime groups is 1. The van der Waals surface area contributed by atoms with Crippen LogP contribution in [-0.4, -0.2) is 55.9 Å². The van der Waals surface area contributed by atoms with E-state index in [2.05, 4.69) is 9.89 Å². The van der Waals surface area contributed by atoms with Crippen molar-refractivity contribution in [2.24, 2.45) is 5.16 Å². The summed E-state index contributed by atoms with van der Waals surface area (Å²) in [4.78, 5) is 30.8. The summed E-state index contributed by atoms with van der Waals surface area (Å²) in [6.07, 6.45) is 2.21. The summed E-state index contributed by atoms with van der Waals surface area (Å²) in [7, 11) is 2.91. The average Bonchev–Trinajstić information content (AvgIpc) is 3.17. The first-order valence-electron chi connectivity index (χ1n) is 8.05. The van der Waals surface area contributed by atoms with Crippen molar-refractivity contribution >= 4 is 23.2 Å². The lowest BCUT2D eigenvalue weighted by Crippen LogP contribution is -2.41. The van der Waals surface area contributed by atoms with Crippen molar-refractivity contribution in [1.29, 1.82) is 0 Å². The summed E-state index contributed by atoms with van der Waals surface area (Å²) in [5.74, 6) is 0.0973. The molecule has 2 heterocycles. The number of hydrogen-bond acceptors (Lipinski definition) is 6. The molecule has 0 N–H and O–H groups in total. The zero-order valence-electron chi connectivity index (χ0n) is 14.2. The van der Waals surface area contributed by atoms with Crippen LogP contribution in [0.2, 0.25) is 0 Å². The van der Waals surface area contributed by atoms with Gasteiger partial charge in [-0.05, 0) is 29.7 Å². The molecule has 0 aliphatic carbocycles. The zero-order chi connectivity index (χ0) is 17.8. The van der Waals surface area contributed by atoms with Crippen LogP contribution < -0.4 is 4.74 Å². The maximum atomic E-state index is 12.5. The number of hydrogen-bond donors (Lipinski definition) is 0. The summed E-state index contributed by atoms with van der Waals surface area (Å²) in [5.41, 5.74) is 2.47. The standard InChI is InChI=1S/C18H20N2O5/c1-23-14-5-3-12(4-6-14)13-7-9-20(10-8-13)17(21)16-11-15(19-25-16)18(22)24-2/h3-7,16H,8-11H2,1-2H3. The van der Waals surface area contributed by atoms with E-state index in [1.807, 2.05) is 30.3 Å². The van der Waals surface area contributed by atoms with Gasteiger partial charge in [-0.2, -0.15) is 0 Å². The van der Waals surface area contributed by atoms with Crippen LogP contribution in [0.4, 0.5) is 0 Å². The molecule has 1 atom stereocenters. The number of ether oxygens (including phenoxy) is 2. The molecule has 7 nitrogen and oxygen atoms in total. The molecule has 0 saturated heterocycles. The highest BCUT2D eigenvalue weighted by Gasteiger charge is 2.35. The lowest BCUT2D eigenvalue weighted by Gasteiger charge is -2.28. The Balaban J connectivity index is 1.59. The first-order valence-corrected chi connectivity index (χ1v) is 8.05. The summed E-state index contributed by atoms with van der Waals surface area (Å²) < 4.78 is 9.76. The molecule has 0 bridgehead atoms. The quantitative estimate of drug-likeness (QED) is 0.776. The Morgan fingerprint density at radius 1 is 1.24 bits per heavy atom. The second kappa shape index (κ2) is 7.38. The van der Waals surface area contributed by atoms with Crippen molar-refractivity contribution in [2.75, 3.05) is 27.3 Å². The molecule has 1 aromatic carbocycles. The maximum absolute atomic E-state index is 12.5. The second-order valence-corrected chi connectivity index (χ2v) is 5.82.